The minimum atomic E-state index is -0.414. The highest BCUT2D eigenvalue weighted by Gasteiger charge is 2.08. The van der Waals surface area contributed by atoms with E-state index in [0.29, 0.717) is 12.2 Å². The molecule has 0 saturated heterocycles. The number of benzene rings is 4. The molecular formula is C25H18N4O4. The molecule has 8 heteroatoms. The van der Waals surface area contributed by atoms with Crippen molar-refractivity contribution in [3.63, 3.8) is 0 Å². The average molecular weight is 438 g/mol. The fourth-order valence-electron chi connectivity index (χ4n) is 3.32. The summed E-state index contributed by atoms with van der Waals surface area (Å²) in [6.45, 7) is 0.391. The molecule has 0 amide bonds. The van der Waals surface area contributed by atoms with Crippen LogP contribution in [0.3, 0.4) is 0 Å². The standard InChI is InChI=1S/C25H18N4O4/c30-28(31)24-5-1-3-21(15-24)19-9-7-18(8-10-19)17-26-27-23-13-11-20(12-14-23)22-4-2-6-25(16-22)29(32)33/h1-16H,17H2. The summed E-state index contributed by atoms with van der Waals surface area (Å²) in [5.74, 6) is 0. The maximum atomic E-state index is 11.0. The molecule has 0 radical (unpaired) electrons. The first-order valence-corrected chi connectivity index (χ1v) is 10.1. The largest absolute Gasteiger partial charge is 0.270 e. The molecule has 0 heterocycles. The maximum Gasteiger partial charge on any atom is 0.270 e. The molecule has 4 aromatic carbocycles. The van der Waals surface area contributed by atoms with E-state index in [1.54, 1.807) is 18.2 Å². The zero-order valence-electron chi connectivity index (χ0n) is 17.4. The number of hydrogen-bond acceptors (Lipinski definition) is 6. The second-order valence-corrected chi connectivity index (χ2v) is 7.26. The molecule has 0 saturated carbocycles. The average Bonchev–Trinajstić information content (AvgIpc) is 2.85. The third kappa shape index (κ3) is 5.31. The van der Waals surface area contributed by atoms with Gasteiger partial charge in [-0.05, 0) is 39.9 Å². The topological polar surface area (TPSA) is 111 Å². The number of hydrogen-bond donors (Lipinski definition) is 0. The summed E-state index contributed by atoms with van der Waals surface area (Å²) < 4.78 is 0. The van der Waals surface area contributed by atoms with Crippen LogP contribution in [0.1, 0.15) is 5.56 Å². The zero-order valence-corrected chi connectivity index (χ0v) is 17.4. The van der Waals surface area contributed by atoms with E-state index in [1.807, 2.05) is 60.7 Å². The van der Waals surface area contributed by atoms with Gasteiger partial charge >= 0.3 is 0 Å². The Morgan fingerprint density at radius 3 is 1.58 bits per heavy atom. The molecule has 33 heavy (non-hydrogen) atoms. The van der Waals surface area contributed by atoms with Crippen molar-refractivity contribution < 1.29 is 9.85 Å². The third-order valence-corrected chi connectivity index (χ3v) is 5.04. The monoisotopic (exact) mass is 438 g/mol. The van der Waals surface area contributed by atoms with Gasteiger partial charge in [-0.3, -0.25) is 20.2 Å². The van der Waals surface area contributed by atoms with E-state index >= 15 is 0 Å². The summed E-state index contributed by atoms with van der Waals surface area (Å²) >= 11 is 0. The van der Waals surface area contributed by atoms with Crippen LogP contribution in [0, 0.1) is 20.2 Å². The van der Waals surface area contributed by atoms with Crippen LogP contribution in [0.2, 0.25) is 0 Å². The molecule has 0 spiro atoms. The Bertz CT molecular complexity index is 1330. The number of rotatable bonds is 7. The molecule has 4 aromatic rings. The molecule has 0 aromatic heterocycles. The van der Waals surface area contributed by atoms with Crippen molar-refractivity contribution in [3.05, 3.63) is 123 Å². The number of azo groups is 1. The number of non-ortho nitro benzene ring substituents is 2. The molecule has 0 N–H and O–H groups in total. The van der Waals surface area contributed by atoms with Crippen LogP contribution in [-0.2, 0) is 6.54 Å². The van der Waals surface area contributed by atoms with Crippen LogP contribution in [0.4, 0.5) is 17.1 Å². The second-order valence-electron chi connectivity index (χ2n) is 7.26. The van der Waals surface area contributed by atoms with Gasteiger partial charge in [0.15, 0.2) is 0 Å². The Morgan fingerprint density at radius 2 is 1.09 bits per heavy atom. The van der Waals surface area contributed by atoms with Gasteiger partial charge in [-0.25, -0.2) is 0 Å². The third-order valence-electron chi connectivity index (χ3n) is 5.04. The first-order valence-electron chi connectivity index (χ1n) is 10.1. The van der Waals surface area contributed by atoms with Crippen molar-refractivity contribution in [1.82, 2.24) is 0 Å². The van der Waals surface area contributed by atoms with Gasteiger partial charge in [0.25, 0.3) is 11.4 Å². The van der Waals surface area contributed by atoms with Crippen molar-refractivity contribution >= 4 is 17.1 Å². The van der Waals surface area contributed by atoms with E-state index in [-0.39, 0.29) is 11.4 Å². The van der Waals surface area contributed by atoms with Gasteiger partial charge in [-0.2, -0.15) is 10.2 Å². The van der Waals surface area contributed by atoms with Crippen LogP contribution >= 0.6 is 0 Å². The molecular weight excluding hydrogens is 420 g/mol. The van der Waals surface area contributed by atoms with Crippen molar-refractivity contribution in [3.8, 4) is 22.3 Å². The van der Waals surface area contributed by atoms with Crippen molar-refractivity contribution in [2.45, 2.75) is 6.54 Å². The molecule has 0 fully saturated rings. The molecule has 162 valence electrons. The summed E-state index contributed by atoms with van der Waals surface area (Å²) in [4.78, 5) is 21.1. The Labute approximate surface area is 189 Å². The Hall–Kier alpha value is -4.72. The van der Waals surface area contributed by atoms with Gasteiger partial charge in [0.2, 0.25) is 0 Å². The van der Waals surface area contributed by atoms with E-state index < -0.39 is 9.85 Å². The molecule has 8 nitrogen and oxygen atoms in total. The molecule has 0 unspecified atom stereocenters. The van der Waals surface area contributed by atoms with Gasteiger partial charge in [0, 0.05) is 24.3 Å². The first-order chi connectivity index (χ1) is 16.0. The summed E-state index contributed by atoms with van der Waals surface area (Å²) in [6, 6.07) is 27.9. The molecule has 0 aliphatic rings. The van der Waals surface area contributed by atoms with E-state index in [4.69, 9.17) is 0 Å². The van der Waals surface area contributed by atoms with Crippen LogP contribution in [0.25, 0.3) is 22.3 Å². The van der Waals surface area contributed by atoms with Gasteiger partial charge in [0.1, 0.15) is 0 Å². The summed E-state index contributed by atoms with van der Waals surface area (Å²) in [5.41, 5.74) is 5.02. The number of nitro groups is 2. The SMILES string of the molecule is O=[N+]([O-])c1cccc(-c2ccc(CN=Nc3ccc(-c4cccc([N+](=O)[O-])c4)cc3)cc2)c1. The lowest BCUT2D eigenvalue weighted by Gasteiger charge is -2.03. The molecule has 0 atom stereocenters. The summed E-state index contributed by atoms with van der Waals surface area (Å²) in [6.07, 6.45) is 0. The molecule has 0 aliphatic carbocycles. The lowest BCUT2D eigenvalue weighted by molar-refractivity contribution is -0.385. The Balaban J connectivity index is 1.40. The number of nitro benzene ring substituents is 2. The fraction of sp³-hybridized carbons (Fsp3) is 0.0400. The number of nitrogens with zero attached hydrogens (tertiary/aromatic N) is 4. The van der Waals surface area contributed by atoms with Crippen molar-refractivity contribution in [1.29, 1.82) is 0 Å². The van der Waals surface area contributed by atoms with Crippen molar-refractivity contribution in [2.75, 3.05) is 0 Å². The normalized spacial score (nSPS) is 10.9. The predicted molar refractivity (Wildman–Crippen MR) is 125 cm³/mol. The summed E-state index contributed by atoms with van der Waals surface area (Å²) in [5, 5.41) is 30.4. The Kier molecular flexibility index (Phi) is 6.26. The highest BCUT2D eigenvalue weighted by atomic mass is 16.6. The second kappa shape index (κ2) is 9.61. The highest BCUT2D eigenvalue weighted by molar-refractivity contribution is 5.68. The van der Waals surface area contributed by atoms with Crippen LogP contribution in [0.5, 0.6) is 0 Å². The fourth-order valence-corrected chi connectivity index (χ4v) is 3.32. The quantitative estimate of drug-likeness (QED) is 0.174. The maximum absolute atomic E-state index is 11.0. The van der Waals surface area contributed by atoms with Crippen molar-refractivity contribution in [2.24, 2.45) is 10.2 Å². The lowest BCUT2D eigenvalue weighted by Crippen LogP contribution is -1.88. The zero-order chi connectivity index (χ0) is 23.2. The smallest absolute Gasteiger partial charge is 0.258 e. The van der Waals surface area contributed by atoms with Gasteiger partial charge in [-0.1, -0.05) is 60.7 Å². The minimum Gasteiger partial charge on any atom is -0.258 e. The van der Waals surface area contributed by atoms with Gasteiger partial charge in [-0.15, -0.1) is 0 Å². The van der Waals surface area contributed by atoms with E-state index in [2.05, 4.69) is 10.2 Å². The first kappa shape index (κ1) is 21.5. The van der Waals surface area contributed by atoms with E-state index in [9.17, 15) is 20.2 Å². The van der Waals surface area contributed by atoms with Crippen LogP contribution < -0.4 is 0 Å². The lowest BCUT2D eigenvalue weighted by atomic mass is 10.0. The van der Waals surface area contributed by atoms with Crippen LogP contribution in [-0.4, -0.2) is 9.85 Å². The van der Waals surface area contributed by atoms with Gasteiger partial charge in [0.05, 0.1) is 22.1 Å². The molecule has 0 bridgehead atoms. The predicted octanol–water partition coefficient (Wildman–Crippen LogP) is 7.12. The minimum absolute atomic E-state index is 0.0489. The molecule has 0 aliphatic heterocycles. The van der Waals surface area contributed by atoms with Gasteiger partial charge < -0.3 is 0 Å². The highest BCUT2D eigenvalue weighted by Crippen LogP contribution is 2.27. The van der Waals surface area contributed by atoms with E-state index in [1.165, 1.54) is 18.2 Å². The van der Waals surface area contributed by atoms with Crippen LogP contribution in [0.15, 0.2) is 107 Å². The van der Waals surface area contributed by atoms with E-state index in [0.717, 1.165) is 27.8 Å². The molecule has 4 rings (SSSR count). The Morgan fingerprint density at radius 1 is 0.606 bits per heavy atom. The summed E-state index contributed by atoms with van der Waals surface area (Å²) in [7, 11) is 0.